The first-order chi connectivity index (χ1) is 11.4. The number of hydrogen-bond donors (Lipinski definition) is 0. The second-order valence-corrected chi connectivity index (χ2v) is 6.89. The maximum atomic E-state index is 12.1. The number of fused-ring (bicyclic) bond motifs is 1. The summed E-state index contributed by atoms with van der Waals surface area (Å²) in [6.45, 7) is 3.90. The van der Waals surface area contributed by atoms with Gasteiger partial charge in [0.1, 0.15) is 11.6 Å². The van der Waals surface area contributed by atoms with Crippen molar-refractivity contribution in [3.63, 3.8) is 0 Å². The maximum Gasteiger partial charge on any atom is 0.338 e. The van der Waals surface area contributed by atoms with Crippen molar-refractivity contribution >= 4 is 33.9 Å². The van der Waals surface area contributed by atoms with Crippen LogP contribution >= 0.6 is 22.9 Å². The van der Waals surface area contributed by atoms with Gasteiger partial charge in [0.25, 0.3) is 5.56 Å². The smallest absolute Gasteiger partial charge is 0.338 e. The fourth-order valence-corrected chi connectivity index (χ4v) is 3.13. The Morgan fingerprint density at radius 2 is 2.17 bits per heavy atom. The van der Waals surface area contributed by atoms with Gasteiger partial charge in [0.05, 0.1) is 11.3 Å². The van der Waals surface area contributed by atoms with Crippen LogP contribution in [0.4, 0.5) is 0 Å². The molecule has 0 saturated heterocycles. The third kappa shape index (κ3) is 3.47. The van der Waals surface area contributed by atoms with Crippen LogP contribution in [0.15, 0.2) is 35.1 Å². The largest absolute Gasteiger partial charge is 0.456 e. The lowest BCUT2D eigenvalue weighted by atomic mass is 10.2. The van der Waals surface area contributed by atoms with E-state index in [1.807, 2.05) is 13.8 Å². The van der Waals surface area contributed by atoms with Crippen LogP contribution in [-0.4, -0.2) is 20.6 Å². The number of aromatic nitrogens is 3. The summed E-state index contributed by atoms with van der Waals surface area (Å²) in [6.07, 6.45) is 0. The summed E-state index contributed by atoms with van der Waals surface area (Å²) in [6, 6.07) is 7.79. The van der Waals surface area contributed by atoms with Crippen LogP contribution in [0.5, 0.6) is 0 Å². The number of halogens is 1. The number of rotatable bonds is 4. The molecule has 0 aliphatic rings. The molecule has 1 aromatic carbocycles. The fraction of sp³-hybridized carbons (Fsp3) is 0.250. The van der Waals surface area contributed by atoms with Crippen LogP contribution in [0.2, 0.25) is 5.02 Å². The van der Waals surface area contributed by atoms with E-state index in [0.717, 1.165) is 5.01 Å². The summed E-state index contributed by atoms with van der Waals surface area (Å²) in [4.78, 5) is 28.9. The summed E-state index contributed by atoms with van der Waals surface area (Å²) >= 11 is 7.20. The van der Waals surface area contributed by atoms with Gasteiger partial charge >= 0.3 is 5.97 Å². The molecule has 0 bridgehead atoms. The van der Waals surface area contributed by atoms with E-state index in [1.54, 1.807) is 18.2 Å². The first-order valence-corrected chi connectivity index (χ1v) is 8.46. The number of hydrogen-bond acceptors (Lipinski definition) is 6. The predicted octanol–water partition coefficient (Wildman–Crippen LogP) is 3.28. The number of carbonyl (C=O) groups is 1. The van der Waals surface area contributed by atoms with Gasteiger partial charge in [0, 0.05) is 17.0 Å². The lowest BCUT2D eigenvalue weighted by Crippen LogP contribution is -2.16. The van der Waals surface area contributed by atoms with Crippen molar-refractivity contribution < 1.29 is 9.53 Å². The van der Waals surface area contributed by atoms with Crippen LogP contribution < -0.4 is 5.56 Å². The average molecular weight is 364 g/mol. The highest BCUT2D eigenvalue weighted by Crippen LogP contribution is 2.20. The van der Waals surface area contributed by atoms with Crippen molar-refractivity contribution in [2.24, 2.45) is 0 Å². The Morgan fingerprint density at radius 3 is 2.88 bits per heavy atom. The Kier molecular flexibility index (Phi) is 4.64. The van der Waals surface area contributed by atoms with Crippen LogP contribution in [0.1, 0.15) is 40.8 Å². The van der Waals surface area contributed by atoms with E-state index in [-0.39, 0.29) is 18.1 Å². The molecule has 2 aromatic heterocycles. The summed E-state index contributed by atoms with van der Waals surface area (Å²) < 4.78 is 6.47. The molecule has 0 amide bonds. The zero-order valence-corrected chi connectivity index (χ0v) is 14.6. The molecule has 0 aliphatic carbocycles. The molecule has 24 heavy (non-hydrogen) atoms. The van der Waals surface area contributed by atoms with E-state index >= 15 is 0 Å². The van der Waals surface area contributed by atoms with Gasteiger partial charge in [-0.05, 0) is 18.2 Å². The molecule has 0 fully saturated rings. The number of carbonyl (C=O) groups excluding carboxylic acids is 1. The van der Waals surface area contributed by atoms with Gasteiger partial charge in [-0.15, -0.1) is 0 Å². The molecule has 0 saturated carbocycles. The normalized spacial score (nSPS) is 11.2. The zero-order chi connectivity index (χ0) is 17.3. The number of ether oxygens (including phenoxy) is 1. The Hall–Kier alpha value is -2.25. The highest BCUT2D eigenvalue weighted by atomic mass is 35.5. The minimum Gasteiger partial charge on any atom is -0.456 e. The van der Waals surface area contributed by atoms with Crippen LogP contribution in [0, 0.1) is 0 Å². The summed E-state index contributed by atoms with van der Waals surface area (Å²) in [5.41, 5.74) is 0.437. The number of nitrogens with zero attached hydrogens (tertiary/aromatic N) is 3. The predicted molar refractivity (Wildman–Crippen MR) is 91.8 cm³/mol. The lowest BCUT2D eigenvalue weighted by Gasteiger charge is -2.04. The van der Waals surface area contributed by atoms with Crippen molar-refractivity contribution in [3.05, 3.63) is 62.0 Å². The molecule has 0 N–H and O–H groups in total. The van der Waals surface area contributed by atoms with Gasteiger partial charge in [-0.1, -0.05) is 42.9 Å². The highest BCUT2D eigenvalue weighted by Gasteiger charge is 2.13. The topological polar surface area (TPSA) is 73.6 Å². The second-order valence-electron chi connectivity index (χ2n) is 5.46. The first kappa shape index (κ1) is 16.6. The molecule has 0 radical (unpaired) electrons. The number of esters is 1. The van der Waals surface area contributed by atoms with Gasteiger partial charge in [-0.3, -0.25) is 4.79 Å². The maximum absolute atomic E-state index is 12.1. The summed E-state index contributed by atoms with van der Waals surface area (Å²) in [5.74, 6) is -0.313. The Balaban J connectivity index is 1.80. The molecule has 0 atom stereocenters. The van der Waals surface area contributed by atoms with Crippen LogP contribution in [0.3, 0.4) is 0 Å². The molecule has 8 heteroatoms. The standard InChI is InChI=1S/C16H14ClN3O3S/c1-9(2)14-19-20-13(21)7-12(18-16(20)24-14)8-23-15(22)10-4-3-5-11(17)6-10/h3-7,9H,8H2,1-2H3. The zero-order valence-electron chi connectivity index (χ0n) is 13.0. The number of benzene rings is 1. The van der Waals surface area contributed by atoms with Crippen molar-refractivity contribution in [2.45, 2.75) is 26.4 Å². The second kappa shape index (κ2) is 6.70. The lowest BCUT2D eigenvalue weighted by molar-refractivity contribution is 0.0468. The van der Waals surface area contributed by atoms with E-state index in [4.69, 9.17) is 16.3 Å². The minimum atomic E-state index is -0.522. The Morgan fingerprint density at radius 1 is 1.38 bits per heavy atom. The average Bonchev–Trinajstić information content (AvgIpc) is 2.97. The minimum absolute atomic E-state index is 0.0913. The van der Waals surface area contributed by atoms with Gasteiger partial charge in [-0.2, -0.15) is 9.61 Å². The third-order valence-electron chi connectivity index (χ3n) is 3.22. The first-order valence-electron chi connectivity index (χ1n) is 7.26. The SMILES string of the molecule is CC(C)c1nn2c(=O)cc(COC(=O)c3cccc(Cl)c3)nc2s1. The molecule has 3 aromatic rings. The van der Waals surface area contributed by atoms with Crippen LogP contribution in [0.25, 0.3) is 4.96 Å². The van der Waals surface area contributed by atoms with Gasteiger partial charge in [-0.25, -0.2) is 9.78 Å². The molecule has 3 rings (SSSR count). The van der Waals surface area contributed by atoms with Gasteiger partial charge in [0.15, 0.2) is 0 Å². The molecule has 2 heterocycles. The molecule has 124 valence electrons. The third-order valence-corrected chi connectivity index (χ3v) is 4.66. The molecule has 0 spiro atoms. The highest BCUT2D eigenvalue weighted by molar-refractivity contribution is 7.16. The van der Waals surface area contributed by atoms with E-state index < -0.39 is 5.97 Å². The van der Waals surface area contributed by atoms with Gasteiger partial charge < -0.3 is 4.74 Å². The van der Waals surface area contributed by atoms with Crippen molar-refractivity contribution in [3.8, 4) is 0 Å². The Labute approximate surface area is 146 Å². The molecule has 0 aliphatic heterocycles. The molecular weight excluding hydrogens is 350 g/mol. The van der Waals surface area contributed by atoms with E-state index in [1.165, 1.54) is 28.0 Å². The van der Waals surface area contributed by atoms with Gasteiger partial charge in [0.2, 0.25) is 4.96 Å². The molecular formula is C16H14ClN3O3S. The molecule has 6 nitrogen and oxygen atoms in total. The van der Waals surface area contributed by atoms with Crippen molar-refractivity contribution in [1.82, 2.24) is 14.6 Å². The van der Waals surface area contributed by atoms with Crippen LogP contribution in [-0.2, 0) is 11.3 Å². The quantitative estimate of drug-likeness (QED) is 0.665. The Bertz CT molecular complexity index is 965. The van der Waals surface area contributed by atoms with Crippen molar-refractivity contribution in [2.75, 3.05) is 0 Å². The van der Waals surface area contributed by atoms with E-state index in [9.17, 15) is 9.59 Å². The fourth-order valence-electron chi connectivity index (χ4n) is 2.02. The monoisotopic (exact) mass is 363 g/mol. The summed E-state index contributed by atoms with van der Waals surface area (Å²) in [5, 5.41) is 5.52. The molecule has 0 unspecified atom stereocenters. The summed E-state index contributed by atoms with van der Waals surface area (Å²) in [7, 11) is 0. The van der Waals surface area contributed by atoms with E-state index in [0.29, 0.717) is 21.2 Å². The van der Waals surface area contributed by atoms with Crippen molar-refractivity contribution in [1.29, 1.82) is 0 Å². The van der Waals surface area contributed by atoms with E-state index in [2.05, 4.69) is 10.1 Å².